The molecule has 1 aliphatic heterocycles. The Bertz CT molecular complexity index is 714. The van der Waals surface area contributed by atoms with Crippen LogP contribution in [0.5, 0.6) is 0 Å². The molecule has 2 atom stereocenters. The predicted molar refractivity (Wildman–Crippen MR) is 82.9 cm³/mol. The first-order valence-electron chi connectivity index (χ1n) is 7.40. The van der Waals surface area contributed by atoms with Crippen LogP contribution >= 0.6 is 11.3 Å². The van der Waals surface area contributed by atoms with Crippen molar-refractivity contribution in [1.82, 2.24) is 4.90 Å². The number of nitrogen functional groups attached to an aromatic ring is 1. The molecule has 1 amide bonds. The number of hydrogen-bond acceptors (Lipinski definition) is 3. The second-order valence-electron chi connectivity index (χ2n) is 6.15. The third kappa shape index (κ3) is 2.02. The first-order valence-corrected chi connectivity index (χ1v) is 8.22. The van der Waals surface area contributed by atoms with Gasteiger partial charge in [-0.15, -0.1) is 11.3 Å². The van der Waals surface area contributed by atoms with Crippen LogP contribution in [0, 0.1) is 17.7 Å². The molecule has 2 aliphatic rings. The number of benzene rings is 1. The van der Waals surface area contributed by atoms with E-state index in [9.17, 15) is 9.18 Å². The van der Waals surface area contributed by atoms with Crippen molar-refractivity contribution in [2.24, 2.45) is 11.8 Å². The lowest BCUT2D eigenvalue weighted by atomic mass is 10.0. The Morgan fingerprint density at radius 1 is 1.29 bits per heavy atom. The molecular weight excluding hydrogens is 287 g/mol. The quantitative estimate of drug-likeness (QED) is 0.876. The van der Waals surface area contributed by atoms with Crippen molar-refractivity contribution < 1.29 is 9.18 Å². The topological polar surface area (TPSA) is 46.3 Å². The fourth-order valence-electron chi connectivity index (χ4n) is 3.79. The molecule has 0 radical (unpaired) electrons. The van der Waals surface area contributed by atoms with Gasteiger partial charge in [0.1, 0.15) is 10.7 Å². The van der Waals surface area contributed by atoms with Gasteiger partial charge in [-0.05, 0) is 42.9 Å². The number of anilines is 1. The number of carbonyl (C=O) groups excluding carboxylic acids is 1. The molecule has 1 aromatic heterocycles. The van der Waals surface area contributed by atoms with Crippen molar-refractivity contribution in [2.45, 2.75) is 19.3 Å². The Kier molecular flexibility index (Phi) is 2.92. The number of nitrogens with zero attached hydrogens (tertiary/aromatic N) is 1. The fourth-order valence-corrected chi connectivity index (χ4v) is 4.86. The van der Waals surface area contributed by atoms with E-state index in [1.807, 2.05) is 4.90 Å². The molecule has 2 aromatic rings. The molecule has 2 N–H and O–H groups in total. The van der Waals surface area contributed by atoms with E-state index >= 15 is 0 Å². The molecule has 0 spiro atoms. The number of thiophene rings is 1. The molecular formula is C16H17FN2OS. The van der Waals surface area contributed by atoms with Gasteiger partial charge in [0.2, 0.25) is 0 Å². The van der Waals surface area contributed by atoms with Crippen LogP contribution in [-0.2, 0) is 0 Å². The number of carbonyl (C=O) groups is 1. The summed E-state index contributed by atoms with van der Waals surface area (Å²) in [6.45, 7) is 1.71. The third-order valence-corrected chi connectivity index (χ3v) is 6.07. The minimum absolute atomic E-state index is 0.0171. The van der Waals surface area contributed by atoms with Crippen LogP contribution in [-0.4, -0.2) is 23.9 Å². The highest BCUT2D eigenvalue weighted by molar-refractivity contribution is 7.21. The minimum Gasteiger partial charge on any atom is -0.397 e. The molecule has 2 heterocycles. The van der Waals surface area contributed by atoms with Crippen LogP contribution in [0.1, 0.15) is 28.9 Å². The molecule has 4 rings (SSSR count). The van der Waals surface area contributed by atoms with Gasteiger partial charge < -0.3 is 10.6 Å². The molecule has 5 heteroatoms. The second kappa shape index (κ2) is 4.70. The van der Waals surface area contributed by atoms with Gasteiger partial charge in [-0.1, -0.05) is 6.42 Å². The van der Waals surface area contributed by atoms with Crippen LogP contribution in [0.2, 0.25) is 0 Å². The summed E-state index contributed by atoms with van der Waals surface area (Å²) >= 11 is 1.37. The van der Waals surface area contributed by atoms with Crippen LogP contribution in [0.25, 0.3) is 10.1 Å². The highest BCUT2D eigenvalue weighted by Gasteiger charge is 2.39. The summed E-state index contributed by atoms with van der Waals surface area (Å²) in [6, 6.07) is 4.52. The van der Waals surface area contributed by atoms with Gasteiger partial charge in [-0.3, -0.25) is 4.79 Å². The monoisotopic (exact) mass is 304 g/mol. The molecule has 3 nitrogen and oxygen atoms in total. The van der Waals surface area contributed by atoms with E-state index in [0.717, 1.165) is 17.8 Å². The van der Waals surface area contributed by atoms with Crippen molar-refractivity contribution in [1.29, 1.82) is 0 Å². The van der Waals surface area contributed by atoms with E-state index in [-0.39, 0.29) is 11.7 Å². The molecule has 2 fully saturated rings. The van der Waals surface area contributed by atoms with Gasteiger partial charge >= 0.3 is 0 Å². The van der Waals surface area contributed by atoms with Crippen LogP contribution in [0.4, 0.5) is 10.1 Å². The molecule has 110 valence electrons. The molecule has 21 heavy (non-hydrogen) atoms. The maximum absolute atomic E-state index is 13.3. The number of amides is 1. The van der Waals surface area contributed by atoms with Gasteiger partial charge in [-0.25, -0.2) is 4.39 Å². The second-order valence-corrected chi connectivity index (χ2v) is 7.20. The average molecular weight is 304 g/mol. The SMILES string of the molecule is Nc1c(C(=O)N2CC3CCCC3C2)sc2ccc(F)cc12. The normalized spacial score (nSPS) is 24.7. The van der Waals surface area contributed by atoms with Crippen molar-refractivity contribution >= 4 is 33.0 Å². The zero-order valence-corrected chi connectivity index (χ0v) is 12.5. The molecule has 1 aliphatic carbocycles. The Balaban J connectivity index is 1.67. The lowest BCUT2D eigenvalue weighted by Crippen LogP contribution is -2.29. The van der Waals surface area contributed by atoms with Crippen molar-refractivity contribution in [2.75, 3.05) is 18.8 Å². The summed E-state index contributed by atoms with van der Waals surface area (Å²) in [6.07, 6.45) is 3.77. The Labute approximate surface area is 126 Å². The largest absolute Gasteiger partial charge is 0.397 e. The number of hydrogen-bond donors (Lipinski definition) is 1. The highest BCUT2D eigenvalue weighted by Crippen LogP contribution is 2.40. The smallest absolute Gasteiger partial charge is 0.266 e. The number of likely N-dealkylation sites (tertiary alicyclic amines) is 1. The maximum Gasteiger partial charge on any atom is 0.266 e. The lowest BCUT2D eigenvalue weighted by Gasteiger charge is -2.16. The zero-order valence-electron chi connectivity index (χ0n) is 11.6. The van der Waals surface area contributed by atoms with E-state index in [1.54, 1.807) is 6.07 Å². The molecule has 1 saturated carbocycles. The summed E-state index contributed by atoms with van der Waals surface area (Å²) in [5, 5.41) is 0.655. The Morgan fingerprint density at radius 2 is 2.00 bits per heavy atom. The summed E-state index contributed by atoms with van der Waals surface area (Å²) < 4.78 is 14.2. The Morgan fingerprint density at radius 3 is 2.71 bits per heavy atom. The zero-order chi connectivity index (χ0) is 14.6. The third-order valence-electron chi connectivity index (χ3n) is 4.90. The van der Waals surface area contributed by atoms with Crippen LogP contribution in [0.15, 0.2) is 18.2 Å². The van der Waals surface area contributed by atoms with Gasteiger partial charge in [0.15, 0.2) is 0 Å². The first-order chi connectivity index (χ1) is 10.1. The van der Waals surface area contributed by atoms with E-state index in [0.29, 0.717) is 27.8 Å². The van der Waals surface area contributed by atoms with Crippen molar-refractivity contribution in [3.8, 4) is 0 Å². The number of fused-ring (bicyclic) bond motifs is 2. The summed E-state index contributed by atoms with van der Waals surface area (Å²) in [5.41, 5.74) is 6.52. The van der Waals surface area contributed by atoms with Crippen molar-refractivity contribution in [3.63, 3.8) is 0 Å². The van der Waals surface area contributed by atoms with Gasteiger partial charge in [0.05, 0.1) is 5.69 Å². The van der Waals surface area contributed by atoms with Gasteiger partial charge in [-0.2, -0.15) is 0 Å². The fraction of sp³-hybridized carbons (Fsp3) is 0.438. The molecule has 1 saturated heterocycles. The van der Waals surface area contributed by atoms with E-state index in [1.165, 1.54) is 42.7 Å². The van der Waals surface area contributed by atoms with Gasteiger partial charge in [0.25, 0.3) is 5.91 Å². The molecule has 2 unspecified atom stereocenters. The summed E-state index contributed by atoms with van der Waals surface area (Å²) in [5.74, 6) is 1.04. The van der Waals surface area contributed by atoms with Crippen LogP contribution in [0.3, 0.4) is 0 Å². The van der Waals surface area contributed by atoms with Gasteiger partial charge in [0, 0.05) is 23.2 Å². The van der Waals surface area contributed by atoms with E-state index in [4.69, 9.17) is 5.73 Å². The number of nitrogens with two attached hydrogens (primary N) is 1. The number of rotatable bonds is 1. The van der Waals surface area contributed by atoms with Crippen LogP contribution < -0.4 is 5.73 Å². The van der Waals surface area contributed by atoms with Crippen molar-refractivity contribution in [3.05, 3.63) is 28.9 Å². The van der Waals surface area contributed by atoms with E-state index < -0.39 is 0 Å². The lowest BCUT2D eigenvalue weighted by molar-refractivity contribution is 0.0786. The summed E-state index contributed by atoms with van der Waals surface area (Å²) in [7, 11) is 0. The summed E-state index contributed by atoms with van der Waals surface area (Å²) in [4.78, 5) is 15.2. The van der Waals surface area contributed by atoms with E-state index in [2.05, 4.69) is 0 Å². The predicted octanol–water partition coefficient (Wildman–Crippen LogP) is 3.49. The molecule has 0 bridgehead atoms. The highest BCUT2D eigenvalue weighted by atomic mass is 32.1. The number of halogens is 1. The molecule has 1 aromatic carbocycles. The standard InChI is InChI=1S/C16H17FN2OS/c17-11-4-5-13-12(6-11)14(18)15(21-13)16(20)19-7-9-2-1-3-10(9)8-19/h4-6,9-10H,1-3,7-8,18H2. The maximum atomic E-state index is 13.3. The average Bonchev–Trinajstić information content (AvgIpc) is 3.12. The minimum atomic E-state index is -0.318. The Hall–Kier alpha value is -1.62. The first kappa shape index (κ1) is 13.1.